The van der Waals surface area contributed by atoms with Gasteiger partial charge in [0.1, 0.15) is 5.75 Å². The van der Waals surface area contributed by atoms with Gasteiger partial charge in [0.2, 0.25) is 0 Å². The van der Waals surface area contributed by atoms with E-state index in [1.807, 2.05) is 19.1 Å². The number of amides is 1. The molecule has 1 aromatic carbocycles. The summed E-state index contributed by atoms with van der Waals surface area (Å²) < 4.78 is 10.3. The van der Waals surface area contributed by atoms with E-state index in [4.69, 9.17) is 15.2 Å². The Balaban J connectivity index is 2.27. The number of ether oxygens (including phenoxy) is 2. The lowest BCUT2D eigenvalue weighted by Crippen LogP contribution is -2.33. The molecule has 0 bridgehead atoms. The van der Waals surface area contributed by atoms with Gasteiger partial charge in [-0.3, -0.25) is 4.79 Å². The van der Waals surface area contributed by atoms with Crippen LogP contribution in [0.5, 0.6) is 5.75 Å². The van der Waals surface area contributed by atoms with Crippen LogP contribution in [-0.4, -0.2) is 32.8 Å². The summed E-state index contributed by atoms with van der Waals surface area (Å²) in [6.07, 6.45) is 0. The number of nitrogen functional groups attached to an aromatic ring is 1. The van der Waals surface area contributed by atoms with E-state index in [1.165, 1.54) is 0 Å². The molecule has 1 amide bonds. The van der Waals surface area contributed by atoms with Crippen LogP contribution in [0.2, 0.25) is 0 Å². The molecule has 3 N–H and O–H groups in total. The number of benzene rings is 1. The first kappa shape index (κ1) is 14.3. The van der Waals surface area contributed by atoms with E-state index in [0.29, 0.717) is 24.6 Å². The quantitative estimate of drug-likeness (QED) is 0.711. The Morgan fingerprint density at radius 1 is 1.44 bits per heavy atom. The molecular weight excluding hydrogens is 232 g/mol. The molecule has 5 heteroatoms. The monoisotopic (exact) mass is 252 g/mol. The number of methoxy groups -OCH3 is 1. The Morgan fingerprint density at radius 3 is 2.83 bits per heavy atom. The highest BCUT2D eigenvalue weighted by atomic mass is 16.5. The molecule has 1 rings (SSSR count). The molecule has 0 fully saturated rings. The zero-order valence-corrected chi connectivity index (χ0v) is 10.8. The van der Waals surface area contributed by atoms with Crippen molar-refractivity contribution >= 4 is 11.6 Å². The lowest BCUT2D eigenvalue weighted by atomic mass is 10.2. The van der Waals surface area contributed by atoms with E-state index in [2.05, 4.69) is 5.32 Å². The third-order valence-corrected chi connectivity index (χ3v) is 2.38. The van der Waals surface area contributed by atoms with Crippen molar-refractivity contribution in [1.82, 2.24) is 5.32 Å². The summed E-state index contributed by atoms with van der Waals surface area (Å²) in [6.45, 7) is 3.15. The summed E-state index contributed by atoms with van der Waals surface area (Å²) in [7, 11) is 1.64. The molecule has 0 saturated carbocycles. The number of nitrogens with one attached hydrogen (secondary N) is 1. The Kier molecular flexibility index (Phi) is 6.00. The first-order chi connectivity index (χ1) is 8.63. The number of carbonyl (C=O) groups excluding carboxylic acids is 1. The average Bonchev–Trinajstić information content (AvgIpc) is 2.36. The molecule has 0 aromatic heterocycles. The maximum absolute atomic E-state index is 11.5. The van der Waals surface area contributed by atoms with E-state index in [1.54, 1.807) is 19.2 Å². The molecule has 100 valence electrons. The molecule has 5 nitrogen and oxygen atoms in total. The third kappa shape index (κ3) is 5.05. The number of hydrogen-bond donors (Lipinski definition) is 2. The van der Waals surface area contributed by atoms with E-state index in [9.17, 15) is 4.79 Å². The van der Waals surface area contributed by atoms with Crippen molar-refractivity contribution < 1.29 is 14.3 Å². The topological polar surface area (TPSA) is 73.6 Å². The van der Waals surface area contributed by atoms with Crippen molar-refractivity contribution in [1.29, 1.82) is 0 Å². The van der Waals surface area contributed by atoms with E-state index in [-0.39, 0.29) is 18.4 Å². The zero-order chi connectivity index (χ0) is 13.4. The van der Waals surface area contributed by atoms with Gasteiger partial charge >= 0.3 is 0 Å². The van der Waals surface area contributed by atoms with Gasteiger partial charge in [0.25, 0.3) is 5.91 Å². The minimum atomic E-state index is -0.166. The summed E-state index contributed by atoms with van der Waals surface area (Å²) in [5.74, 6) is 0.638. The van der Waals surface area contributed by atoms with Gasteiger partial charge in [0.15, 0.2) is 6.61 Å². The maximum atomic E-state index is 11.5. The fourth-order valence-corrected chi connectivity index (χ4v) is 1.44. The van der Waals surface area contributed by atoms with Crippen molar-refractivity contribution in [2.24, 2.45) is 5.92 Å². The van der Waals surface area contributed by atoms with Crippen molar-refractivity contribution in [2.45, 2.75) is 6.92 Å². The lowest BCUT2D eigenvalue weighted by Gasteiger charge is -2.12. The summed E-state index contributed by atoms with van der Waals surface area (Å²) in [6, 6.07) is 7.09. The van der Waals surface area contributed by atoms with E-state index in [0.717, 1.165) is 0 Å². The molecule has 0 aliphatic heterocycles. The van der Waals surface area contributed by atoms with E-state index >= 15 is 0 Å². The minimum absolute atomic E-state index is 0.0338. The fraction of sp³-hybridized carbons (Fsp3) is 0.462. The largest absolute Gasteiger partial charge is 0.482 e. The lowest BCUT2D eigenvalue weighted by molar-refractivity contribution is -0.123. The van der Waals surface area contributed by atoms with Crippen LogP contribution >= 0.6 is 0 Å². The molecule has 1 aromatic rings. The highest BCUT2D eigenvalue weighted by molar-refractivity contribution is 5.77. The fourth-order valence-electron chi connectivity index (χ4n) is 1.44. The van der Waals surface area contributed by atoms with Crippen LogP contribution in [0.1, 0.15) is 6.92 Å². The van der Waals surface area contributed by atoms with Crippen molar-refractivity contribution in [3.63, 3.8) is 0 Å². The van der Waals surface area contributed by atoms with Crippen molar-refractivity contribution in [2.75, 3.05) is 32.6 Å². The average molecular weight is 252 g/mol. The number of para-hydroxylation sites is 2. The second-order valence-corrected chi connectivity index (χ2v) is 4.19. The molecule has 0 aliphatic rings. The minimum Gasteiger partial charge on any atom is -0.482 e. The predicted molar refractivity (Wildman–Crippen MR) is 70.4 cm³/mol. The normalized spacial score (nSPS) is 11.9. The zero-order valence-electron chi connectivity index (χ0n) is 10.8. The summed E-state index contributed by atoms with van der Waals surface area (Å²) in [4.78, 5) is 11.5. The second-order valence-electron chi connectivity index (χ2n) is 4.19. The summed E-state index contributed by atoms with van der Waals surface area (Å²) in [5.41, 5.74) is 6.22. The molecule has 0 saturated heterocycles. The molecular formula is C13H20N2O3. The Bertz CT molecular complexity index is 382. The van der Waals surface area contributed by atoms with Gasteiger partial charge in [0, 0.05) is 13.7 Å². The van der Waals surface area contributed by atoms with Crippen LogP contribution in [0, 0.1) is 5.92 Å². The Hall–Kier alpha value is -1.75. The van der Waals surface area contributed by atoms with Gasteiger partial charge in [0.05, 0.1) is 12.3 Å². The summed E-state index contributed by atoms with van der Waals surface area (Å²) >= 11 is 0. The maximum Gasteiger partial charge on any atom is 0.257 e. The Labute approximate surface area is 107 Å². The Morgan fingerprint density at radius 2 is 2.17 bits per heavy atom. The molecule has 0 spiro atoms. The molecule has 1 unspecified atom stereocenters. The third-order valence-electron chi connectivity index (χ3n) is 2.38. The predicted octanol–water partition coefficient (Wildman–Crippen LogP) is 1.05. The van der Waals surface area contributed by atoms with Crippen LogP contribution in [0.25, 0.3) is 0 Å². The second kappa shape index (κ2) is 7.55. The van der Waals surface area contributed by atoms with Gasteiger partial charge in [-0.25, -0.2) is 0 Å². The number of nitrogens with two attached hydrogens (primary N) is 1. The highest BCUT2D eigenvalue weighted by Gasteiger charge is 2.07. The van der Waals surface area contributed by atoms with Crippen LogP contribution in [-0.2, 0) is 9.53 Å². The highest BCUT2D eigenvalue weighted by Crippen LogP contribution is 2.19. The molecule has 18 heavy (non-hydrogen) atoms. The van der Waals surface area contributed by atoms with Crippen LogP contribution < -0.4 is 15.8 Å². The standard InChI is InChI=1S/C13H20N2O3/c1-10(8-17-2)7-15-13(16)9-18-12-6-4-3-5-11(12)14/h3-6,10H,7-9,14H2,1-2H3,(H,15,16). The molecule has 0 heterocycles. The van der Waals surface area contributed by atoms with Crippen molar-refractivity contribution in [3.05, 3.63) is 24.3 Å². The van der Waals surface area contributed by atoms with Gasteiger partial charge in [-0.2, -0.15) is 0 Å². The first-order valence-electron chi connectivity index (χ1n) is 5.86. The van der Waals surface area contributed by atoms with Crippen LogP contribution in [0.3, 0.4) is 0 Å². The number of rotatable bonds is 7. The van der Waals surface area contributed by atoms with Gasteiger partial charge in [-0.05, 0) is 18.1 Å². The van der Waals surface area contributed by atoms with Crippen LogP contribution in [0.4, 0.5) is 5.69 Å². The number of carbonyl (C=O) groups is 1. The first-order valence-corrected chi connectivity index (χ1v) is 5.86. The number of hydrogen-bond acceptors (Lipinski definition) is 4. The van der Waals surface area contributed by atoms with Gasteiger partial charge in [-0.15, -0.1) is 0 Å². The van der Waals surface area contributed by atoms with Gasteiger partial charge in [-0.1, -0.05) is 19.1 Å². The van der Waals surface area contributed by atoms with Crippen molar-refractivity contribution in [3.8, 4) is 5.75 Å². The van der Waals surface area contributed by atoms with Gasteiger partial charge < -0.3 is 20.5 Å². The molecule has 0 radical (unpaired) electrons. The smallest absolute Gasteiger partial charge is 0.257 e. The molecule has 1 atom stereocenters. The summed E-state index contributed by atoms with van der Waals surface area (Å²) in [5, 5.41) is 2.77. The SMILES string of the molecule is COCC(C)CNC(=O)COc1ccccc1N. The van der Waals surface area contributed by atoms with Crippen LogP contribution in [0.15, 0.2) is 24.3 Å². The number of anilines is 1. The van der Waals surface area contributed by atoms with E-state index < -0.39 is 0 Å². The molecule has 0 aliphatic carbocycles.